The topological polar surface area (TPSA) is 75.7 Å². The second-order valence-corrected chi connectivity index (χ2v) is 9.78. The summed E-state index contributed by atoms with van der Waals surface area (Å²) in [6.07, 6.45) is -3.50. The molecule has 6 nitrogen and oxygen atoms in total. The molecule has 2 aromatic carbocycles. The quantitative estimate of drug-likeness (QED) is 0.472. The summed E-state index contributed by atoms with van der Waals surface area (Å²) in [5, 5.41) is 2.70. The number of nitrogens with one attached hydrogen (secondary N) is 1. The van der Waals surface area contributed by atoms with E-state index in [0.717, 1.165) is 40.1 Å². The van der Waals surface area contributed by atoms with Crippen molar-refractivity contribution in [1.82, 2.24) is 5.32 Å². The van der Waals surface area contributed by atoms with E-state index in [-0.39, 0.29) is 44.1 Å². The van der Waals surface area contributed by atoms with Crippen molar-refractivity contribution in [3.05, 3.63) is 59.7 Å². The number of sulfonamides is 1. The summed E-state index contributed by atoms with van der Waals surface area (Å²) in [5.74, 6) is 0.755. The molecule has 0 saturated carbocycles. The van der Waals surface area contributed by atoms with Crippen molar-refractivity contribution < 1.29 is 31.1 Å². The maximum atomic E-state index is 13.0. The molecule has 0 aliphatic carbocycles. The third-order valence-electron chi connectivity index (χ3n) is 4.85. The molecule has 0 fully saturated rings. The molecule has 182 valence electrons. The average molecular weight is 487 g/mol. The van der Waals surface area contributed by atoms with Crippen molar-refractivity contribution in [2.24, 2.45) is 0 Å². The molecule has 2 rings (SSSR count). The van der Waals surface area contributed by atoms with E-state index in [1.165, 1.54) is 6.07 Å². The van der Waals surface area contributed by atoms with Gasteiger partial charge in [-0.3, -0.25) is 9.10 Å². The van der Waals surface area contributed by atoms with E-state index in [1.54, 1.807) is 0 Å². The molecule has 0 spiro atoms. The summed E-state index contributed by atoms with van der Waals surface area (Å²) in [4.78, 5) is 12.1. The van der Waals surface area contributed by atoms with E-state index >= 15 is 0 Å². The summed E-state index contributed by atoms with van der Waals surface area (Å²) in [7, 11) is -3.83. The fraction of sp³-hybridized carbons (Fsp3) is 0.435. The lowest BCUT2D eigenvalue weighted by atomic mass is 10.0. The van der Waals surface area contributed by atoms with E-state index in [0.29, 0.717) is 5.92 Å². The highest BCUT2D eigenvalue weighted by atomic mass is 32.2. The van der Waals surface area contributed by atoms with Gasteiger partial charge < -0.3 is 10.1 Å². The summed E-state index contributed by atoms with van der Waals surface area (Å²) < 4.78 is 69.8. The maximum absolute atomic E-state index is 13.0. The van der Waals surface area contributed by atoms with Crippen LogP contribution in [-0.4, -0.2) is 40.3 Å². The van der Waals surface area contributed by atoms with Gasteiger partial charge in [0.2, 0.25) is 15.9 Å². The van der Waals surface area contributed by atoms with Crippen molar-refractivity contribution in [3.63, 3.8) is 0 Å². The van der Waals surface area contributed by atoms with Gasteiger partial charge >= 0.3 is 6.18 Å². The molecule has 0 aliphatic rings. The molecular formula is C23H29F3N2O4S. The Morgan fingerprint density at radius 1 is 1.12 bits per heavy atom. The number of ether oxygens (including phenoxy) is 1. The standard InChI is InChI=1S/C23H29F3N2O4S/c1-17(2)20-10-4-5-11-21(20)32-15-13-27-22(29)12-7-14-28(33(3,30)31)19-9-6-8-18(16-19)23(24,25)26/h4-6,8-11,16-17H,7,12-15H2,1-3H3,(H,27,29). The first-order valence-electron chi connectivity index (χ1n) is 10.5. The molecule has 0 saturated heterocycles. The van der Waals surface area contributed by atoms with E-state index in [4.69, 9.17) is 4.74 Å². The van der Waals surface area contributed by atoms with Crippen LogP contribution in [0.4, 0.5) is 18.9 Å². The predicted molar refractivity (Wildman–Crippen MR) is 122 cm³/mol. The normalized spacial score (nSPS) is 12.0. The van der Waals surface area contributed by atoms with Gasteiger partial charge in [-0.1, -0.05) is 38.1 Å². The van der Waals surface area contributed by atoms with Gasteiger partial charge in [-0.25, -0.2) is 8.42 Å². The number of hydrogen-bond donors (Lipinski definition) is 1. The van der Waals surface area contributed by atoms with Gasteiger partial charge in [0.25, 0.3) is 0 Å². The predicted octanol–water partition coefficient (Wildman–Crippen LogP) is 4.57. The van der Waals surface area contributed by atoms with Crippen LogP contribution in [-0.2, 0) is 21.0 Å². The monoisotopic (exact) mass is 486 g/mol. The minimum absolute atomic E-state index is 0.0214. The molecule has 2 aromatic rings. The molecule has 0 aliphatic heterocycles. The first-order valence-corrected chi connectivity index (χ1v) is 12.4. The van der Waals surface area contributed by atoms with Crippen LogP contribution in [0.3, 0.4) is 0 Å². The number of alkyl halides is 3. The zero-order valence-corrected chi connectivity index (χ0v) is 19.7. The van der Waals surface area contributed by atoms with Gasteiger partial charge in [-0.15, -0.1) is 0 Å². The van der Waals surface area contributed by atoms with Crippen molar-refractivity contribution in [3.8, 4) is 5.75 Å². The van der Waals surface area contributed by atoms with Crippen LogP contribution in [0, 0.1) is 0 Å². The zero-order chi connectivity index (χ0) is 24.6. The lowest BCUT2D eigenvalue weighted by Gasteiger charge is -2.23. The Labute approximate surface area is 192 Å². The summed E-state index contributed by atoms with van der Waals surface area (Å²) in [6, 6.07) is 11.8. The molecule has 0 unspecified atom stereocenters. The van der Waals surface area contributed by atoms with Crippen LogP contribution < -0.4 is 14.4 Å². The number of rotatable bonds is 11. The smallest absolute Gasteiger partial charge is 0.416 e. The Hall–Kier alpha value is -2.75. The Bertz CT molecular complexity index is 1040. The molecule has 0 atom stereocenters. The number of hydrogen-bond acceptors (Lipinski definition) is 4. The fourth-order valence-corrected chi connectivity index (χ4v) is 4.19. The van der Waals surface area contributed by atoms with Gasteiger partial charge in [-0.2, -0.15) is 13.2 Å². The molecule has 0 radical (unpaired) electrons. The molecular weight excluding hydrogens is 457 g/mol. The van der Waals surface area contributed by atoms with Crippen LogP contribution >= 0.6 is 0 Å². The summed E-state index contributed by atoms with van der Waals surface area (Å²) >= 11 is 0. The largest absolute Gasteiger partial charge is 0.491 e. The first-order chi connectivity index (χ1) is 15.4. The Balaban J connectivity index is 1.85. The number of carbonyl (C=O) groups is 1. The van der Waals surface area contributed by atoms with Gasteiger partial charge in [0.15, 0.2) is 0 Å². The second-order valence-electron chi connectivity index (χ2n) is 7.88. The van der Waals surface area contributed by atoms with Crippen LogP contribution in [0.5, 0.6) is 5.75 Å². The highest BCUT2D eigenvalue weighted by Crippen LogP contribution is 2.32. The maximum Gasteiger partial charge on any atom is 0.416 e. The summed E-state index contributed by atoms with van der Waals surface area (Å²) in [6.45, 7) is 4.54. The highest BCUT2D eigenvalue weighted by Gasteiger charge is 2.31. The number of amides is 1. The van der Waals surface area contributed by atoms with Crippen LogP contribution in [0.2, 0.25) is 0 Å². The third kappa shape index (κ3) is 8.27. The van der Waals surface area contributed by atoms with E-state index in [1.807, 2.05) is 24.3 Å². The Morgan fingerprint density at radius 2 is 1.82 bits per heavy atom. The van der Waals surface area contributed by atoms with Crippen molar-refractivity contribution in [2.75, 3.05) is 30.3 Å². The summed E-state index contributed by atoms with van der Waals surface area (Å²) in [5.41, 5.74) is 0.0367. The molecule has 1 N–H and O–H groups in total. The first kappa shape index (κ1) is 26.5. The van der Waals surface area contributed by atoms with E-state index in [9.17, 15) is 26.4 Å². The lowest BCUT2D eigenvalue weighted by molar-refractivity contribution is -0.137. The van der Waals surface area contributed by atoms with Gasteiger partial charge in [0.05, 0.1) is 24.1 Å². The SMILES string of the molecule is CC(C)c1ccccc1OCCNC(=O)CCCN(c1cccc(C(F)(F)F)c1)S(C)(=O)=O. The lowest BCUT2D eigenvalue weighted by Crippen LogP contribution is -2.33. The number of halogens is 3. The highest BCUT2D eigenvalue weighted by molar-refractivity contribution is 7.92. The number of para-hydroxylation sites is 1. The molecule has 0 bridgehead atoms. The molecule has 0 aromatic heterocycles. The van der Waals surface area contributed by atoms with Crippen molar-refractivity contribution in [1.29, 1.82) is 0 Å². The van der Waals surface area contributed by atoms with Crippen LogP contribution in [0.25, 0.3) is 0 Å². The van der Waals surface area contributed by atoms with Gasteiger partial charge in [-0.05, 0) is 42.2 Å². The molecule has 1 amide bonds. The number of carbonyl (C=O) groups excluding carboxylic acids is 1. The van der Waals surface area contributed by atoms with Crippen LogP contribution in [0.15, 0.2) is 48.5 Å². The van der Waals surface area contributed by atoms with Gasteiger partial charge in [0.1, 0.15) is 12.4 Å². The van der Waals surface area contributed by atoms with E-state index in [2.05, 4.69) is 19.2 Å². The van der Waals surface area contributed by atoms with Crippen molar-refractivity contribution in [2.45, 2.75) is 38.8 Å². The third-order valence-corrected chi connectivity index (χ3v) is 6.04. The molecule has 10 heteroatoms. The number of nitrogens with zero attached hydrogens (tertiary/aromatic N) is 1. The molecule has 0 heterocycles. The second kappa shape index (κ2) is 11.4. The number of benzene rings is 2. The fourth-order valence-electron chi connectivity index (χ4n) is 3.24. The minimum Gasteiger partial charge on any atom is -0.491 e. The Kier molecular flexibility index (Phi) is 9.16. The minimum atomic E-state index is -4.59. The molecule has 33 heavy (non-hydrogen) atoms. The van der Waals surface area contributed by atoms with Crippen molar-refractivity contribution >= 4 is 21.6 Å². The zero-order valence-electron chi connectivity index (χ0n) is 18.9. The van der Waals surface area contributed by atoms with Gasteiger partial charge in [0, 0.05) is 13.0 Å². The van der Waals surface area contributed by atoms with E-state index < -0.39 is 21.8 Å². The van der Waals surface area contributed by atoms with Crippen LogP contribution in [0.1, 0.15) is 43.7 Å². The Morgan fingerprint density at radius 3 is 2.45 bits per heavy atom. The number of anilines is 1. The average Bonchev–Trinajstić information content (AvgIpc) is 2.73.